The van der Waals surface area contributed by atoms with E-state index in [9.17, 15) is 9.90 Å². The fourth-order valence-electron chi connectivity index (χ4n) is 3.34. The minimum atomic E-state index is -0.284. The highest BCUT2D eigenvalue weighted by molar-refractivity contribution is 5.89. The molecule has 2 amide bonds. The first-order valence-electron chi connectivity index (χ1n) is 9.49. The first kappa shape index (κ1) is 18.8. The SMILES string of the molecule is CNC(=O)Nc1ccc(-c2cccc(-c3cc(N4CCNCC4)no3)c2O)cc1. The van der Waals surface area contributed by atoms with E-state index in [2.05, 4.69) is 26.0 Å². The first-order chi connectivity index (χ1) is 14.2. The summed E-state index contributed by atoms with van der Waals surface area (Å²) in [5.41, 5.74) is 2.76. The number of nitrogens with one attached hydrogen (secondary N) is 3. The minimum absolute atomic E-state index is 0.127. The van der Waals surface area contributed by atoms with Gasteiger partial charge in [0.05, 0.1) is 5.56 Å². The standard InChI is InChI=1S/C21H23N5O3/c1-22-21(28)24-15-7-5-14(6-8-15)16-3-2-4-17(20(16)27)18-13-19(25-29-18)26-11-9-23-10-12-26/h2-8,13,23,27H,9-12H2,1H3,(H2,22,24,28). The lowest BCUT2D eigenvalue weighted by Gasteiger charge is -2.26. The molecular weight excluding hydrogens is 370 g/mol. The van der Waals surface area contributed by atoms with Gasteiger partial charge in [-0.2, -0.15) is 0 Å². The molecule has 2 heterocycles. The molecule has 2 aromatic carbocycles. The van der Waals surface area contributed by atoms with Gasteiger partial charge in [0.15, 0.2) is 11.6 Å². The Kier molecular flexibility index (Phi) is 5.35. The molecule has 150 valence electrons. The predicted octanol–water partition coefficient (Wildman–Crippen LogP) is 2.88. The number of para-hydroxylation sites is 1. The van der Waals surface area contributed by atoms with E-state index < -0.39 is 0 Å². The van der Waals surface area contributed by atoms with E-state index in [4.69, 9.17) is 4.52 Å². The summed E-state index contributed by atoms with van der Waals surface area (Å²) < 4.78 is 5.52. The molecule has 8 heteroatoms. The fourth-order valence-corrected chi connectivity index (χ4v) is 3.34. The van der Waals surface area contributed by atoms with Gasteiger partial charge in [0, 0.05) is 50.5 Å². The lowest BCUT2D eigenvalue weighted by Crippen LogP contribution is -2.43. The molecule has 1 aliphatic rings. The summed E-state index contributed by atoms with van der Waals surface area (Å²) in [4.78, 5) is 13.6. The van der Waals surface area contributed by atoms with Gasteiger partial charge in [0.25, 0.3) is 0 Å². The Bertz CT molecular complexity index is 994. The van der Waals surface area contributed by atoms with Crippen LogP contribution in [0.4, 0.5) is 16.3 Å². The Morgan fingerprint density at radius 2 is 1.86 bits per heavy atom. The maximum absolute atomic E-state index is 11.4. The number of phenols is 1. The van der Waals surface area contributed by atoms with Gasteiger partial charge in [-0.1, -0.05) is 29.4 Å². The van der Waals surface area contributed by atoms with Crippen LogP contribution in [-0.2, 0) is 0 Å². The number of benzene rings is 2. The monoisotopic (exact) mass is 393 g/mol. The zero-order valence-corrected chi connectivity index (χ0v) is 16.1. The number of carbonyl (C=O) groups is 1. The Labute approximate surface area is 168 Å². The van der Waals surface area contributed by atoms with Crippen molar-refractivity contribution in [3.8, 4) is 28.2 Å². The van der Waals surface area contributed by atoms with Crippen molar-refractivity contribution in [2.75, 3.05) is 43.4 Å². The molecule has 0 unspecified atom stereocenters. The minimum Gasteiger partial charge on any atom is -0.507 e. The van der Waals surface area contributed by atoms with Gasteiger partial charge < -0.3 is 30.5 Å². The highest BCUT2D eigenvalue weighted by atomic mass is 16.5. The summed E-state index contributed by atoms with van der Waals surface area (Å²) in [5, 5.41) is 23.6. The number of hydrogen-bond acceptors (Lipinski definition) is 6. The highest BCUT2D eigenvalue weighted by Crippen LogP contribution is 2.39. The molecule has 1 fully saturated rings. The third-order valence-electron chi connectivity index (χ3n) is 4.92. The van der Waals surface area contributed by atoms with Crippen LogP contribution < -0.4 is 20.9 Å². The molecule has 8 nitrogen and oxygen atoms in total. The van der Waals surface area contributed by atoms with E-state index >= 15 is 0 Å². The third-order valence-corrected chi connectivity index (χ3v) is 4.92. The van der Waals surface area contributed by atoms with E-state index in [0.29, 0.717) is 22.6 Å². The summed E-state index contributed by atoms with van der Waals surface area (Å²) in [6, 6.07) is 14.4. The van der Waals surface area contributed by atoms with Gasteiger partial charge in [-0.25, -0.2) is 4.79 Å². The average Bonchev–Trinajstić information content (AvgIpc) is 3.25. The zero-order valence-electron chi connectivity index (χ0n) is 16.1. The molecule has 0 bridgehead atoms. The third kappa shape index (κ3) is 4.02. The second-order valence-electron chi connectivity index (χ2n) is 6.77. The molecule has 0 aliphatic carbocycles. The zero-order chi connectivity index (χ0) is 20.2. The van der Waals surface area contributed by atoms with E-state index in [1.165, 1.54) is 0 Å². The first-order valence-corrected chi connectivity index (χ1v) is 9.49. The van der Waals surface area contributed by atoms with Crippen molar-refractivity contribution < 1.29 is 14.4 Å². The number of nitrogens with zero attached hydrogens (tertiary/aromatic N) is 2. The highest BCUT2D eigenvalue weighted by Gasteiger charge is 2.18. The molecule has 0 radical (unpaired) electrons. The lowest BCUT2D eigenvalue weighted by molar-refractivity contribution is 0.254. The molecule has 4 rings (SSSR count). The quantitative estimate of drug-likeness (QED) is 0.544. The number of piperazine rings is 1. The summed E-state index contributed by atoms with van der Waals surface area (Å²) in [7, 11) is 1.56. The van der Waals surface area contributed by atoms with Crippen LogP contribution in [0.25, 0.3) is 22.5 Å². The molecule has 1 saturated heterocycles. The largest absolute Gasteiger partial charge is 0.507 e. The topological polar surface area (TPSA) is 103 Å². The number of urea groups is 1. The van der Waals surface area contributed by atoms with E-state index in [-0.39, 0.29) is 11.8 Å². The van der Waals surface area contributed by atoms with Crippen LogP contribution in [-0.4, -0.2) is 49.5 Å². The van der Waals surface area contributed by atoms with Crippen molar-refractivity contribution in [3.05, 3.63) is 48.5 Å². The molecule has 1 aliphatic heterocycles. The van der Waals surface area contributed by atoms with Gasteiger partial charge in [-0.05, 0) is 23.8 Å². The van der Waals surface area contributed by atoms with Crippen molar-refractivity contribution in [1.29, 1.82) is 0 Å². The number of carbonyl (C=O) groups excluding carboxylic acids is 1. The number of rotatable bonds is 4. The molecular formula is C21H23N5O3. The van der Waals surface area contributed by atoms with E-state index in [1.54, 1.807) is 19.2 Å². The van der Waals surface area contributed by atoms with Crippen LogP contribution in [0.15, 0.2) is 53.1 Å². The molecule has 0 spiro atoms. The lowest BCUT2D eigenvalue weighted by atomic mass is 10.00. The fraction of sp³-hybridized carbons (Fsp3) is 0.238. The van der Waals surface area contributed by atoms with Crippen LogP contribution in [0.5, 0.6) is 5.75 Å². The molecule has 0 atom stereocenters. The number of aromatic hydroxyl groups is 1. The number of anilines is 2. The number of hydrogen-bond donors (Lipinski definition) is 4. The van der Waals surface area contributed by atoms with Gasteiger partial charge in [-0.3, -0.25) is 0 Å². The Hall–Kier alpha value is -3.52. The molecule has 0 saturated carbocycles. The van der Waals surface area contributed by atoms with Gasteiger partial charge in [0.1, 0.15) is 5.75 Å². The van der Waals surface area contributed by atoms with Crippen molar-refractivity contribution in [2.45, 2.75) is 0 Å². The Morgan fingerprint density at radius 3 is 2.59 bits per heavy atom. The van der Waals surface area contributed by atoms with E-state index in [1.807, 2.05) is 36.4 Å². The van der Waals surface area contributed by atoms with Crippen LogP contribution in [0, 0.1) is 0 Å². The second-order valence-corrected chi connectivity index (χ2v) is 6.77. The molecule has 1 aromatic heterocycles. The number of aromatic nitrogens is 1. The maximum atomic E-state index is 11.4. The van der Waals surface area contributed by atoms with Crippen LogP contribution in [0.1, 0.15) is 0 Å². The van der Waals surface area contributed by atoms with Crippen molar-refractivity contribution in [2.24, 2.45) is 0 Å². The van der Waals surface area contributed by atoms with Gasteiger partial charge in [-0.15, -0.1) is 0 Å². The smallest absolute Gasteiger partial charge is 0.318 e. The van der Waals surface area contributed by atoms with Crippen LogP contribution in [0.3, 0.4) is 0 Å². The van der Waals surface area contributed by atoms with Crippen molar-refractivity contribution >= 4 is 17.5 Å². The van der Waals surface area contributed by atoms with Gasteiger partial charge in [0.2, 0.25) is 0 Å². The van der Waals surface area contributed by atoms with Gasteiger partial charge >= 0.3 is 6.03 Å². The molecule has 3 aromatic rings. The predicted molar refractivity (Wildman–Crippen MR) is 112 cm³/mol. The van der Waals surface area contributed by atoms with E-state index in [0.717, 1.165) is 37.6 Å². The Balaban J connectivity index is 1.59. The number of amides is 2. The average molecular weight is 393 g/mol. The molecule has 4 N–H and O–H groups in total. The summed E-state index contributed by atoms with van der Waals surface area (Å²) >= 11 is 0. The summed E-state index contributed by atoms with van der Waals surface area (Å²) in [6.07, 6.45) is 0. The number of phenolic OH excluding ortho intramolecular Hbond substituents is 1. The van der Waals surface area contributed by atoms with Crippen molar-refractivity contribution in [1.82, 2.24) is 15.8 Å². The normalized spacial score (nSPS) is 13.9. The maximum Gasteiger partial charge on any atom is 0.318 e. The van der Waals surface area contributed by atoms with Crippen LogP contribution >= 0.6 is 0 Å². The summed E-state index contributed by atoms with van der Waals surface area (Å²) in [6.45, 7) is 3.56. The second kappa shape index (κ2) is 8.24. The molecule has 29 heavy (non-hydrogen) atoms. The van der Waals surface area contributed by atoms with Crippen LogP contribution in [0.2, 0.25) is 0 Å². The van der Waals surface area contributed by atoms with Crippen molar-refractivity contribution in [3.63, 3.8) is 0 Å². The summed E-state index contributed by atoms with van der Waals surface area (Å²) in [5.74, 6) is 1.43. The Morgan fingerprint density at radius 1 is 1.14 bits per heavy atom.